The van der Waals surface area contributed by atoms with E-state index in [1.54, 1.807) is 23.9 Å². The number of benzene rings is 2. The number of fused-ring (bicyclic) bond motifs is 1. The van der Waals surface area contributed by atoms with Gasteiger partial charge in [0, 0.05) is 44.4 Å². The number of morpholine rings is 1. The monoisotopic (exact) mass is 462 g/mol. The van der Waals surface area contributed by atoms with E-state index in [9.17, 15) is 9.18 Å². The lowest BCUT2D eigenvalue weighted by molar-refractivity contribution is 0.0847. The third kappa shape index (κ3) is 4.28. The Labute approximate surface area is 196 Å². The van der Waals surface area contributed by atoms with E-state index in [2.05, 4.69) is 16.0 Å². The van der Waals surface area contributed by atoms with Crippen LogP contribution in [0.25, 0.3) is 22.0 Å². The standard InChI is InChI=1S/C26H27FN4O3/c1-18(27)34-24-6-4-3-5-21(24)17-31-23-15-19(7-9-22(23)26(32)29(31)2)20-8-10-25(28-16-20)30-11-13-33-14-12-30/h3-10,15-16,18H,11-14,17H2,1-2H3. The van der Waals surface area contributed by atoms with Crippen molar-refractivity contribution < 1.29 is 13.9 Å². The Hall–Kier alpha value is -3.65. The van der Waals surface area contributed by atoms with Gasteiger partial charge in [-0.3, -0.25) is 14.2 Å². The first-order chi connectivity index (χ1) is 16.5. The largest absolute Gasteiger partial charge is 0.460 e. The molecule has 1 aliphatic heterocycles. The Bertz CT molecular complexity index is 1350. The molecule has 0 bridgehead atoms. The number of aromatic nitrogens is 3. The topological polar surface area (TPSA) is 61.5 Å². The smallest absolute Gasteiger partial charge is 0.274 e. The van der Waals surface area contributed by atoms with Gasteiger partial charge in [0.05, 0.1) is 30.7 Å². The Morgan fingerprint density at radius 1 is 1.09 bits per heavy atom. The molecule has 8 heteroatoms. The Morgan fingerprint density at radius 2 is 1.85 bits per heavy atom. The summed E-state index contributed by atoms with van der Waals surface area (Å²) >= 11 is 0. The first-order valence-corrected chi connectivity index (χ1v) is 11.4. The highest BCUT2D eigenvalue weighted by atomic mass is 19.1. The molecule has 7 nitrogen and oxygen atoms in total. The molecule has 1 unspecified atom stereocenters. The summed E-state index contributed by atoms with van der Waals surface area (Å²) < 4.78 is 27.8. The van der Waals surface area contributed by atoms with Crippen LogP contribution in [0.5, 0.6) is 5.75 Å². The number of hydrogen-bond acceptors (Lipinski definition) is 5. The fourth-order valence-corrected chi connectivity index (χ4v) is 4.36. The lowest BCUT2D eigenvalue weighted by Gasteiger charge is -2.27. The van der Waals surface area contributed by atoms with Crippen molar-refractivity contribution in [1.82, 2.24) is 14.3 Å². The second-order valence-electron chi connectivity index (χ2n) is 8.39. The quantitative estimate of drug-likeness (QED) is 0.434. The van der Waals surface area contributed by atoms with Gasteiger partial charge in [-0.1, -0.05) is 24.3 Å². The molecule has 0 spiro atoms. The summed E-state index contributed by atoms with van der Waals surface area (Å²) in [5.74, 6) is 1.40. The Balaban J connectivity index is 1.50. The molecule has 1 fully saturated rings. The average Bonchev–Trinajstić information content (AvgIpc) is 3.10. The molecule has 2 aromatic heterocycles. The summed E-state index contributed by atoms with van der Waals surface area (Å²) in [7, 11) is 1.74. The fourth-order valence-electron chi connectivity index (χ4n) is 4.36. The van der Waals surface area contributed by atoms with Crippen molar-refractivity contribution in [1.29, 1.82) is 0 Å². The lowest BCUT2D eigenvalue weighted by Crippen LogP contribution is -2.36. The minimum atomic E-state index is -1.43. The van der Waals surface area contributed by atoms with Gasteiger partial charge >= 0.3 is 0 Å². The van der Waals surface area contributed by atoms with Gasteiger partial charge in [-0.15, -0.1) is 0 Å². The molecule has 5 rings (SSSR count). The molecule has 4 aromatic rings. The Kier molecular flexibility index (Phi) is 6.06. The number of halogens is 1. The molecule has 0 aliphatic carbocycles. The summed E-state index contributed by atoms with van der Waals surface area (Å²) in [5, 5.41) is 0.626. The lowest BCUT2D eigenvalue weighted by atomic mass is 10.1. The fraction of sp³-hybridized carbons (Fsp3) is 0.308. The maximum Gasteiger partial charge on any atom is 0.274 e. The molecule has 176 valence electrons. The van der Waals surface area contributed by atoms with Crippen molar-refractivity contribution in [3.63, 3.8) is 0 Å². The molecular formula is C26H27FN4O3. The number of para-hydroxylation sites is 1. The molecule has 0 radical (unpaired) electrons. The predicted octanol–water partition coefficient (Wildman–Crippen LogP) is 3.98. The first-order valence-electron chi connectivity index (χ1n) is 11.4. The number of pyridine rings is 1. The van der Waals surface area contributed by atoms with Crippen LogP contribution in [0.4, 0.5) is 10.2 Å². The highest BCUT2D eigenvalue weighted by Crippen LogP contribution is 2.27. The van der Waals surface area contributed by atoms with Crippen LogP contribution < -0.4 is 15.2 Å². The second-order valence-corrected chi connectivity index (χ2v) is 8.39. The maximum absolute atomic E-state index is 13.5. The van der Waals surface area contributed by atoms with Crippen molar-refractivity contribution in [2.75, 3.05) is 31.2 Å². The summed E-state index contributed by atoms with van der Waals surface area (Å²) in [6, 6.07) is 17.2. The van der Waals surface area contributed by atoms with Crippen molar-refractivity contribution in [3.8, 4) is 16.9 Å². The van der Waals surface area contributed by atoms with E-state index in [-0.39, 0.29) is 5.56 Å². The molecule has 1 atom stereocenters. The zero-order valence-electron chi connectivity index (χ0n) is 19.3. The van der Waals surface area contributed by atoms with Gasteiger partial charge in [0.1, 0.15) is 11.6 Å². The molecule has 3 heterocycles. The summed E-state index contributed by atoms with van der Waals surface area (Å²) in [6.45, 7) is 4.81. The van der Waals surface area contributed by atoms with Gasteiger partial charge in [0.25, 0.3) is 5.56 Å². The second kappa shape index (κ2) is 9.30. The van der Waals surface area contributed by atoms with Crippen LogP contribution in [0, 0.1) is 0 Å². The third-order valence-corrected chi connectivity index (χ3v) is 6.16. The van der Waals surface area contributed by atoms with Crippen molar-refractivity contribution in [2.24, 2.45) is 7.05 Å². The highest BCUT2D eigenvalue weighted by Gasteiger charge is 2.16. The normalized spacial score (nSPS) is 15.0. The molecular weight excluding hydrogens is 435 g/mol. The molecule has 1 aliphatic rings. The van der Waals surface area contributed by atoms with Gasteiger partial charge in [0.15, 0.2) is 0 Å². The van der Waals surface area contributed by atoms with Crippen LogP contribution in [0.3, 0.4) is 0 Å². The minimum Gasteiger partial charge on any atom is -0.460 e. The van der Waals surface area contributed by atoms with Gasteiger partial charge in [-0.2, -0.15) is 0 Å². The molecule has 1 saturated heterocycles. The van der Waals surface area contributed by atoms with Crippen LogP contribution in [0.1, 0.15) is 12.5 Å². The van der Waals surface area contributed by atoms with Gasteiger partial charge in [0.2, 0.25) is 6.36 Å². The van der Waals surface area contributed by atoms with E-state index in [0.29, 0.717) is 30.9 Å². The van der Waals surface area contributed by atoms with Crippen LogP contribution in [-0.4, -0.2) is 47.0 Å². The molecule has 0 amide bonds. The highest BCUT2D eigenvalue weighted by molar-refractivity contribution is 5.84. The number of rotatable bonds is 6. The number of anilines is 1. The summed E-state index contributed by atoms with van der Waals surface area (Å²) in [4.78, 5) is 19.8. The zero-order valence-corrected chi connectivity index (χ0v) is 19.3. The zero-order chi connectivity index (χ0) is 23.7. The summed E-state index contributed by atoms with van der Waals surface area (Å²) in [5.41, 5.74) is 3.44. The average molecular weight is 463 g/mol. The summed E-state index contributed by atoms with van der Waals surface area (Å²) in [6.07, 6.45) is 0.439. The van der Waals surface area contributed by atoms with Gasteiger partial charge in [-0.05, 0) is 35.9 Å². The molecule has 2 aromatic carbocycles. The number of alkyl halides is 1. The van der Waals surface area contributed by atoms with E-state index in [1.165, 1.54) is 6.92 Å². The van der Waals surface area contributed by atoms with Crippen molar-refractivity contribution in [3.05, 3.63) is 76.7 Å². The Morgan fingerprint density at radius 3 is 2.59 bits per heavy atom. The maximum atomic E-state index is 13.5. The van der Waals surface area contributed by atoms with E-state index < -0.39 is 6.36 Å². The SMILES string of the molecule is CC(F)Oc1ccccc1Cn1c2cc(-c3ccc(N4CCOCC4)nc3)ccc2c(=O)n1C. The van der Waals surface area contributed by atoms with Crippen LogP contribution >= 0.6 is 0 Å². The van der Waals surface area contributed by atoms with Gasteiger partial charge in [-0.25, -0.2) is 9.37 Å². The molecule has 34 heavy (non-hydrogen) atoms. The molecule has 0 saturated carbocycles. The van der Waals surface area contributed by atoms with E-state index >= 15 is 0 Å². The number of nitrogens with zero attached hydrogens (tertiary/aromatic N) is 4. The van der Waals surface area contributed by atoms with E-state index in [4.69, 9.17) is 9.47 Å². The van der Waals surface area contributed by atoms with E-state index in [1.807, 2.05) is 47.3 Å². The van der Waals surface area contributed by atoms with Crippen LogP contribution in [0.15, 0.2) is 65.6 Å². The molecule has 0 N–H and O–H groups in total. The third-order valence-electron chi connectivity index (χ3n) is 6.16. The van der Waals surface area contributed by atoms with Crippen molar-refractivity contribution in [2.45, 2.75) is 19.8 Å². The number of ether oxygens (including phenoxy) is 2. The van der Waals surface area contributed by atoms with Crippen LogP contribution in [-0.2, 0) is 18.3 Å². The van der Waals surface area contributed by atoms with Crippen LogP contribution in [0.2, 0.25) is 0 Å². The van der Waals surface area contributed by atoms with E-state index in [0.717, 1.165) is 41.1 Å². The minimum absolute atomic E-state index is 0.0837. The first kappa shape index (κ1) is 22.2. The number of hydrogen-bond donors (Lipinski definition) is 0. The van der Waals surface area contributed by atoms with Gasteiger partial charge < -0.3 is 14.4 Å². The van der Waals surface area contributed by atoms with Crippen molar-refractivity contribution >= 4 is 16.7 Å². The predicted molar refractivity (Wildman–Crippen MR) is 130 cm³/mol.